The van der Waals surface area contributed by atoms with Crippen molar-refractivity contribution in [1.29, 1.82) is 0 Å². The van der Waals surface area contributed by atoms with Gasteiger partial charge in [0.15, 0.2) is 0 Å². The average molecular weight is 196 g/mol. The van der Waals surface area contributed by atoms with Gasteiger partial charge in [-0.15, -0.1) is 0 Å². The molecule has 0 heterocycles. The summed E-state index contributed by atoms with van der Waals surface area (Å²) in [5.41, 5.74) is 0. The number of hydrogen-bond acceptors (Lipinski definition) is 3. The second-order valence-electron chi connectivity index (χ2n) is 2.99. The third kappa shape index (κ3) is 5.48. The molecule has 0 spiro atoms. The minimum atomic E-state index is -3.67. The molecule has 0 fully saturated rings. The molecule has 0 unspecified atom stereocenters. The van der Waals surface area contributed by atoms with Crippen LogP contribution in [0.4, 0.5) is 8.78 Å². The van der Waals surface area contributed by atoms with Gasteiger partial charge in [0.1, 0.15) is 0 Å². The summed E-state index contributed by atoms with van der Waals surface area (Å²) in [5, 5.41) is 10.4. The number of carbonyl (C=O) groups is 1. The van der Waals surface area contributed by atoms with Gasteiger partial charge < -0.3 is 15.3 Å². The first kappa shape index (κ1) is 12.2. The van der Waals surface area contributed by atoms with E-state index in [1.165, 1.54) is 0 Å². The van der Waals surface area contributed by atoms with Crippen molar-refractivity contribution in [3.63, 3.8) is 0 Å². The minimum absolute atomic E-state index is 0.343. The molecule has 0 saturated heterocycles. The standard InChI is InChI=1S/C7H14F2N2O2/c1-11(2)4-3-10-5-7(8,9)6(12)13/h10H,3-5H2,1-2H3,(H,12,13). The maximum atomic E-state index is 12.4. The van der Waals surface area contributed by atoms with E-state index in [9.17, 15) is 13.6 Å². The van der Waals surface area contributed by atoms with E-state index < -0.39 is 18.4 Å². The Hall–Kier alpha value is -0.750. The second-order valence-corrected chi connectivity index (χ2v) is 2.99. The van der Waals surface area contributed by atoms with Crippen LogP contribution in [0.1, 0.15) is 0 Å². The molecule has 0 aromatic heterocycles. The summed E-state index contributed by atoms with van der Waals surface area (Å²) >= 11 is 0. The Balaban J connectivity index is 3.58. The Morgan fingerprint density at radius 2 is 2.08 bits per heavy atom. The van der Waals surface area contributed by atoms with Gasteiger partial charge in [-0.3, -0.25) is 0 Å². The lowest BCUT2D eigenvalue weighted by molar-refractivity contribution is -0.164. The van der Waals surface area contributed by atoms with Crippen LogP contribution in [0.3, 0.4) is 0 Å². The zero-order valence-electron chi connectivity index (χ0n) is 7.68. The quantitative estimate of drug-likeness (QED) is 0.580. The Kier molecular flexibility index (Phi) is 4.79. The number of hydrogen-bond donors (Lipinski definition) is 2. The lowest BCUT2D eigenvalue weighted by Crippen LogP contribution is -2.41. The first-order chi connectivity index (χ1) is 5.86. The fourth-order valence-electron chi connectivity index (χ4n) is 0.624. The molecule has 4 nitrogen and oxygen atoms in total. The molecule has 6 heteroatoms. The summed E-state index contributed by atoms with van der Waals surface area (Å²) in [6.45, 7) is 0.113. The van der Waals surface area contributed by atoms with E-state index in [0.717, 1.165) is 0 Å². The number of nitrogens with one attached hydrogen (secondary N) is 1. The monoisotopic (exact) mass is 196 g/mol. The first-order valence-corrected chi connectivity index (χ1v) is 3.83. The smallest absolute Gasteiger partial charge is 0.375 e. The first-order valence-electron chi connectivity index (χ1n) is 3.83. The minimum Gasteiger partial charge on any atom is -0.477 e. The van der Waals surface area contributed by atoms with E-state index in [1.54, 1.807) is 14.1 Å². The summed E-state index contributed by atoms with van der Waals surface area (Å²) in [6.07, 6.45) is 0. The van der Waals surface area contributed by atoms with Crippen molar-refractivity contribution < 1.29 is 18.7 Å². The molecule has 0 atom stereocenters. The van der Waals surface area contributed by atoms with Crippen molar-refractivity contribution in [1.82, 2.24) is 10.2 Å². The van der Waals surface area contributed by atoms with Gasteiger partial charge in [0.25, 0.3) is 0 Å². The summed E-state index contributed by atoms with van der Waals surface area (Å²) in [7, 11) is 3.61. The summed E-state index contributed by atoms with van der Waals surface area (Å²) in [5.74, 6) is -5.77. The Labute approximate surface area is 75.5 Å². The predicted octanol–water partition coefficient (Wildman–Crippen LogP) is -0.142. The maximum absolute atomic E-state index is 12.4. The highest BCUT2D eigenvalue weighted by Crippen LogP contribution is 2.10. The number of carboxylic acid groups (broad SMARTS) is 1. The normalized spacial score (nSPS) is 12.1. The number of rotatable bonds is 6. The van der Waals surface area contributed by atoms with Crippen molar-refractivity contribution >= 4 is 5.97 Å². The number of halogens is 2. The highest BCUT2D eigenvalue weighted by molar-refractivity contribution is 5.75. The van der Waals surface area contributed by atoms with Crippen molar-refractivity contribution in [3.8, 4) is 0 Å². The van der Waals surface area contributed by atoms with Crippen LogP contribution < -0.4 is 5.32 Å². The van der Waals surface area contributed by atoms with Crippen LogP contribution in [0.2, 0.25) is 0 Å². The van der Waals surface area contributed by atoms with Crippen LogP contribution in [-0.2, 0) is 4.79 Å². The van der Waals surface area contributed by atoms with Crippen molar-refractivity contribution in [2.24, 2.45) is 0 Å². The highest BCUT2D eigenvalue weighted by atomic mass is 19.3. The van der Waals surface area contributed by atoms with Crippen LogP contribution in [0.5, 0.6) is 0 Å². The van der Waals surface area contributed by atoms with E-state index in [2.05, 4.69) is 5.32 Å². The summed E-state index contributed by atoms with van der Waals surface area (Å²) in [4.78, 5) is 11.8. The third-order valence-corrected chi connectivity index (χ3v) is 1.40. The number of alkyl halides is 2. The van der Waals surface area contributed by atoms with Gasteiger partial charge in [0.05, 0.1) is 6.54 Å². The number of aliphatic carboxylic acids is 1. The molecular formula is C7H14F2N2O2. The maximum Gasteiger partial charge on any atom is 0.375 e. The molecule has 0 aromatic rings. The Morgan fingerprint density at radius 3 is 2.46 bits per heavy atom. The molecule has 78 valence electrons. The molecule has 2 N–H and O–H groups in total. The van der Waals surface area contributed by atoms with Gasteiger partial charge >= 0.3 is 11.9 Å². The third-order valence-electron chi connectivity index (χ3n) is 1.40. The Bertz CT molecular complexity index is 174. The molecule has 0 saturated carbocycles. The van der Waals surface area contributed by atoms with E-state index in [4.69, 9.17) is 5.11 Å². The number of nitrogens with zero attached hydrogens (tertiary/aromatic N) is 1. The van der Waals surface area contributed by atoms with Gasteiger partial charge in [-0.2, -0.15) is 8.78 Å². The van der Waals surface area contributed by atoms with Crippen LogP contribution in [-0.4, -0.2) is 55.6 Å². The van der Waals surface area contributed by atoms with Gasteiger partial charge in [0.2, 0.25) is 0 Å². The molecule has 0 aliphatic carbocycles. The van der Waals surface area contributed by atoms with Crippen LogP contribution in [0, 0.1) is 0 Å². The highest BCUT2D eigenvalue weighted by Gasteiger charge is 2.37. The van der Waals surface area contributed by atoms with Gasteiger partial charge in [0, 0.05) is 13.1 Å². The fourth-order valence-corrected chi connectivity index (χ4v) is 0.624. The van der Waals surface area contributed by atoms with Crippen molar-refractivity contribution in [2.45, 2.75) is 5.92 Å². The van der Waals surface area contributed by atoms with E-state index in [0.29, 0.717) is 13.1 Å². The van der Waals surface area contributed by atoms with Gasteiger partial charge in [-0.1, -0.05) is 0 Å². The zero-order valence-corrected chi connectivity index (χ0v) is 7.68. The molecule has 0 radical (unpaired) electrons. The lowest BCUT2D eigenvalue weighted by Gasteiger charge is -2.13. The topological polar surface area (TPSA) is 52.6 Å². The Morgan fingerprint density at radius 1 is 1.54 bits per heavy atom. The van der Waals surface area contributed by atoms with Crippen molar-refractivity contribution in [3.05, 3.63) is 0 Å². The average Bonchev–Trinajstić information content (AvgIpc) is 1.97. The molecule has 0 bridgehead atoms. The fraction of sp³-hybridized carbons (Fsp3) is 0.857. The molecule has 0 aliphatic heterocycles. The number of carboxylic acids is 1. The number of likely N-dealkylation sites (N-methyl/N-ethyl adjacent to an activating group) is 1. The van der Waals surface area contributed by atoms with Crippen LogP contribution >= 0.6 is 0 Å². The second kappa shape index (κ2) is 5.08. The lowest BCUT2D eigenvalue weighted by atomic mass is 10.3. The summed E-state index contributed by atoms with van der Waals surface area (Å²) < 4.78 is 24.8. The van der Waals surface area contributed by atoms with Crippen LogP contribution in [0.15, 0.2) is 0 Å². The molecule has 0 amide bonds. The molecule has 0 rings (SSSR count). The SMILES string of the molecule is CN(C)CCNCC(F)(F)C(=O)O. The molecule has 0 aliphatic rings. The molecular weight excluding hydrogens is 182 g/mol. The summed E-state index contributed by atoms with van der Waals surface area (Å²) in [6, 6.07) is 0. The zero-order chi connectivity index (χ0) is 10.5. The molecule has 13 heavy (non-hydrogen) atoms. The van der Waals surface area contributed by atoms with Gasteiger partial charge in [-0.25, -0.2) is 4.79 Å². The predicted molar refractivity (Wildman–Crippen MR) is 44.0 cm³/mol. The van der Waals surface area contributed by atoms with Gasteiger partial charge in [-0.05, 0) is 14.1 Å². The molecule has 0 aromatic carbocycles. The van der Waals surface area contributed by atoms with E-state index >= 15 is 0 Å². The van der Waals surface area contributed by atoms with E-state index in [1.807, 2.05) is 4.90 Å². The van der Waals surface area contributed by atoms with Crippen LogP contribution in [0.25, 0.3) is 0 Å². The largest absolute Gasteiger partial charge is 0.477 e. The van der Waals surface area contributed by atoms with E-state index in [-0.39, 0.29) is 0 Å². The van der Waals surface area contributed by atoms with Crippen molar-refractivity contribution in [2.75, 3.05) is 33.7 Å².